The molecule has 1 saturated heterocycles. The van der Waals surface area contributed by atoms with E-state index in [4.69, 9.17) is 0 Å². The molecule has 0 bridgehead atoms. The molecule has 1 N–H and O–H groups in total. The lowest BCUT2D eigenvalue weighted by molar-refractivity contribution is -0.898. The first-order valence-electron chi connectivity index (χ1n) is 6.14. The number of nitrogens with one attached hydrogen (secondary N) is 1. The van der Waals surface area contributed by atoms with Gasteiger partial charge in [0.1, 0.15) is 0 Å². The van der Waals surface area contributed by atoms with Crippen LogP contribution in [0.3, 0.4) is 0 Å². The van der Waals surface area contributed by atoms with Gasteiger partial charge in [-0.2, -0.15) is 0 Å². The average molecular weight is 254 g/mol. The minimum Gasteiger partial charge on any atom is -0.358 e. The van der Waals surface area contributed by atoms with Gasteiger partial charge >= 0.3 is 0 Å². The monoisotopic (exact) mass is 254 g/mol. The number of hydrogen-bond donors (Lipinski definition) is 1. The van der Waals surface area contributed by atoms with Gasteiger partial charge < -0.3 is 9.80 Å². The van der Waals surface area contributed by atoms with E-state index in [0.29, 0.717) is 5.69 Å². The summed E-state index contributed by atoms with van der Waals surface area (Å²) in [5, 5.41) is 10.5. The topological polar surface area (TPSA) is 50.8 Å². The van der Waals surface area contributed by atoms with Crippen molar-refractivity contribution in [2.24, 2.45) is 0 Å². The van der Waals surface area contributed by atoms with Crippen LogP contribution in [-0.2, 0) is 0 Å². The second-order valence-corrected chi connectivity index (χ2v) is 4.48. The van der Waals surface area contributed by atoms with Gasteiger partial charge in [0.05, 0.1) is 49.4 Å². The Bertz CT molecular complexity index is 445. The van der Waals surface area contributed by atoms with Crippen LogP contribution in [0, 0.1) is 15.9 Å². The molecule has 0 spiro atoms. The first-order valence-corrected chi connectivity index (χ1v) is 6.14. The molecule has 1 aromatic carbocycles. The number of nitrogens with zero attached hydrogens (tertiary/aromatic N) is 2. The summed E-state index contributed by atoms with van der Waals surface area (Å²) in [7, 11) is 0. The molecule has 1 aliphatic heterocycles. The molecule has 2 rings (SSSR count). The van der Waals surface area contributed by atoms with Crippen molar-refractivity contribution in [3.05, 3.63) is 34.1 Å². The van der Waals surface area contributed by atoms with Crippen LogP contribution in [0.25, 0.3) is 0 Å². The normalized spacial score (nSPS) is 16.9. The van der Waals surface area contributed by atoms with Crippen molar-refractivity contribution in [1.29, 1.82) is 0 Å². The van der Waals surface area contributed by atoms with Crippen LogP contribution in [0.1, 0.15) is 6.92 Å². The molecular weight excluding hydrogens is 237 g/mol. The van der Waals surface area contributed by atoms with E-state index in [2.05, 4.69) is 6.92 Å². The fraction of sp³-hybridized carbons (Fsp3) is 0.500. The number of nitro groups is 1. The fourth-order valence-electron chi connectivity index (χ4n) is 2.28. The van der Waals surface area contributed by atoms with Crippen molar-refractivity contribution in [2.45, 2.75) is 6.92 Å². The number of nitro benzene ring substituents is 1. The van der Waals surface area contributed by atoms with Crippen molar-refractivity contribution in [1.82, 2.24) is 0 Å². The summed E-state index contributed by atoms with van der Waals surface area (Å²) < 4.78 is 13.8. The zero-order valence-corrected chi connectivity index (χ0v) is 10.4. The van der Waals surface area contributed by atoms with E-state index in [1.165, 1.54) is 17.0 Å². The quantitative estimate of drug-likeness (QED) is 0.630. The number of non-ortho nitro benzene ring substituents is 1. The molecule has 1 aromatic rings. The maximum absolute atomic E-state index is 13.8. The second-order valence-electron chi connectivity index (χ2n) is 4.48. The molecule has 6 heteroatoms. The minimum absolute atomic E-state index is 0.200. The number of anilines is 1. The number of hydrogen-bond acceptors (Lipinski definition) is 3. The van der Waals surface area contributed by atoms with Crippen LogP contribution < -0.4 is 9.80 Å². The molecular formula is C12H17FN3O2+. The Hall–Kier alpha value is -1.69. The SMILES string of the molecule is CC[NH+]1CCN(c2ccc([N+](=O)[O-])cc2F)CC1. The third-order valence-electron chi connectivity index (χ3n) is 3.45. The number of piperazine rings is 1. The molecule has 18 heavy (non-hydrogen) atoms. The highest BCUT2D eigenvalue weighted by molar-refractivity contribution is 5.52. The predicted octanol–water partition coefficient (Wildman–Crippen LogP) is 0.459. The van der Waals surface area contributed by atoms with E-state index in [-0.39, 0.29) is 5.69 Å². The van der Waals surface area contributed by atoms with Crippen molar-refractivity contribution in [2.75, 3.05) is 37.6 Å². The summed E-state index contributed by atoms with van der Waals surface area (Å²) in [5.74, 6) is -0.510. The maximum atomic E-state index is 13.8. The Morgan fingerprint density at radius 1 is 1.44 bits per heavy atom. The number of likely N-dealkylation sites (N-methyl/N-ethyl adjacent to an activating group) is 1. The lowest BCUT2D eigenvalue weighted by atomic mass is 10.2. The molecule has 1 aliphatic rings. The van der Waals surface area contributed by atoms with Gasteiger partial charge in [0.15, 0.2) is 5.82 Å². The summed E-state index contributed by atoms with van der Waals surface area (Å²) in [6.07, 6.45) is 0. The lowest BCUT2D eigenvalue weighted by Crippen LogP contribution is -3.14. The van der Waals surface area contributed by atoms with Gasteiger partial charge in [0, 0.05) is 6.07 Å². The van der Waals surface area contributed by atoms with Crippen LogP contribution in [0.5, 0.6) is 0 Å². The van der Waals surface area contributed by atoms with Gasteiger partial charge in [-0.15, -0.1) is 0 Å². The molecule has 0 atom stereocenters. The summed E-state index contributed by atoms with van der Waals surface area (Å²) >= 11 is 0. The van der Waals surface area contributed by atoms with Gasteiger partial charge in [-0.1, -0.05) is 0 Å². The molecule has 0 amide bonds. The smallest absolute Gasteiger partial charge is 0.272 e. The van der Waals surface area contributed by atoms with Gasteiger partial charge in [-0.3, -0.25) is 10.1 Å². The fourth-order valence-corrected chi connectivity index (χ4v) is 2.28. The number of rotatable bonds is 3. The van der Waals surface area contributed by atoms with E-state index in [0.717, 1.165) is 38.8 Å². The highest BCUT2D eigenvalue weighted by Gasteiger charge is 2.22. The Kier molecular flexibility index (Phi) is 3.76. The average Bonchev–Trinajstić information content (AvgIpc) is 2.38. The maximum Gasteiger partial charge on any atom is 0.272 e. The van der Waals surface area contributed by atoms with Crippen molar-refractivity contribution in [3.63, 3.8) is 0 Å². The molecule has 1 fully saturated rings. The Labute approximate surface area is 105 Å². The number of quaternary nitrogens is 1. The summed E-state index contributed by atoms with van der Waals surface area (Å²) in [4.78, 5) is 13.4. The summed E-state index contributed by atoms with van der Waals surface area (Å²) in [6.45, 7) is 6.75. The van der Waals surface area contributed by atoms with Crippen LogP contribution >= 0.6 is 0 Å². The van der Waals surface area contributed by atoms with Crippen molar-refractivity contribution in [3.8, 4) is 0 Å². The van der Waals surface area contributed by atoms with E-state index in [1.807, 2.05) is 4.90 Å². The highest BCUT2D eigenvalue weighted by Crippen LogP contribution is 2.23. The van der Waals surface area contributed by atoms with Crippen molar-refractivity contribution >= 4 is 11.4 Å². The van der Waals surface area contributed by atoms with E-state index in [1.54, 1.807) is 0 Å². The number of benzene rings is 1. The molecule has 0 aromatic heterocycles. The van der Waals surface area contributed by atoms with Crippen LogP contribution in [0.4, 0.5) is 15.8 Å². The van der Waals surface area contributed by atoms with Crippen LogP contribution in [0.15, 0.2) is 18.2 Å². The van der Waals surface area contributed by atoms with E-state index < -0.39 is 10.7 Å². The molecule has 0 unspecified atom stereocenters. The third kappa shape index (κ3) is 2.59. The zero-order valence-electron chi connectivity index (χ0n) is 10.4. The summed E-state index contributed by atoms with van der Waals surface area (Å²) in [5.41, 5.74) is 0.268. The molecule has 0 radical (unpaired) electrons. The molecule has 5 nitrogen and oxygen atoms in total. The largest absolute Gasteiger partial charge is 0.358 e. The molecule has 1 heterocycles. The minimum atomic E-state index is -0.577. The van der Waals surface area contributed by atoms with Gasteiger partial charge in [0.2, 0.25) is 0 Å². The highest BCUT2D eigenvalue weighted by atomic mass is 19.1. The Morgan fingerprint density at radius 3 is 2.61 bits per heavy atom. The van der Waals surface area contributed by atoms with Gasteiger partial charge in [-0.25, -0.2) is 4.39 Å². The molecule has 98 valence electrons. The first-order chi connectivity index (χ1) is 8.61. The van der Waals surface area contributed by atoms with Gasteiger partial charge in [-0.05, 0) is 13.0 Å². The Morgan fingerprint density at radius 2 is 2.11 bits per heavy atom. The lowest BCUT2D eigenvalue weighted by Gasteiger charge is -2.33. The molecule has 0 aliphatic carbocycles. The van der Waals surface area contributed by atoms with E-state index >= 15 is 0 Å². The van der Waals surface area contributed by atoms with E-state index in [9.17, 15) is 14.5 Å². The van der Waals surface area contributed by atoms with Crippen molar-refractivity contribution < 1.29 is 14.2 Å². The predicted molar refractivity (Wildman–Crippen MR) is 66.5 cm³/mol. The van der Waals surface area contributed by atoms with Crippen LogP contribution in [0.2, 0.25) is 0 Å². The molecule has 0 saturated carbocycles. The summed E-state index contributed by atoms with van der Waals surface area (Å²) in [6, 6.07) is 3.86. The second kappa shape index (κ2) is 5.30. The zero-order chi connectivity index (χ0) is 13.1. The van der Waals surface area contributed by atoms with Gasteiger partial charge in [0.25, 0.3) is 5.69 Å². The van der Waals surface area contributed by atoms with Crippen LogP contribution in [-0.4, -0.2) is 37.6 Å². The Balaban J connectivity index is 2.12. The number of halogens is 1. The first kappa shape index (κ1) is 12.8. The standard InChI is InChI=1S/C12H16FN3O2/c1-2-14-5-7-15(8-6-14)12-4-3-10(16(17)18)9-11(12)13/h3-4,9H,2,5-8H2,1H3/p+1. The third-order valence-corrected chi connectivity index (χ3v) is 3.45.